The van der Waals surface area contributed by atoms with E-state index in [2.05, 4.69) is 28.7 Å². The van der Waals surface area contributed by atoms with Gasteiger partial charge in [-0.3, -0.25) is 0 Å². The maximum atomic E-state index is 8.68. The van der Waals surface area contributed by atoms with Crippen molar-refractivity contribution in [1.29, 1.82) is 5.26 Å². The minimum absolute atomic E-state index is 0.378. The molecule has 0 N–H and O–H groups in total. The summed E-state index contributed by atoms with van der Waals surface area (Å²) in [7, 11) is 0. The van der Waals surface area contributed by atoms with E-state index in [-0.39, 0.29) is 0 Å². The zero-order valence-electron chi connectivity index (χ0n) is 9.72. The summed E-state index contributed by atoms with van der Waals surface area (Å²) in [5.74, 6) is 0.899. The molecule has 1 aromatic heterocycles. The highest BCUT2D eigenvalue weighted by molar-refractivity contribution is 5.41. The second kappa shape index (κ2) is 4.48. The van der Waals surface area contributed by atoms with Crippen molar-refractivity contribution in [1.82, 2.24) is 9.97 Å². The van der Waals surface area contributed by atoms with E-state index < -0.39 is 0 Å². The van der Waals surface area contributed by atoms with Crippen molar-refractivity contribution < 1.29 is 0 Å². The molecule has 0 amide bonds. The molecule has 2 atom stereocenters. The van der Waals surface area contributed by atoms with E-state index in [1.807, 2.05) is 6.07 Å². The quantitative estimate of drug-likeness (QED) is 0.759. The van der Waals surface area contributed by atoms with Gasteiger partial charge in [0.1, 0.15) is 11.9 Å². The van der Waals surface area contributed by atoms with E-state index in [1.54, 1.807) is 12.4 Å². The van der Waals surface area contributed by atoms with Gasteiger partial charge in [0.15, 0.2) is 5.69 Å². The summed E-state index contributed by atoms with van der Waals surface area (Å²) in [6, 6.07) is 3.08. The first-order chi connectivity index (χ1) is 7.76. The highest BCUT2D eigenvalue weighted by Gasteiger charge is 2.30. The van der Waals surface area contributed by atoms with E-state index in [4.69, 9.17) is 5.26 Å². The van der Waals surface area contributed by atoms with Crippen LogP contribution in [0.4, 0.5) is 5.82 Å². The Morgan fingerprint density at radius 1 is 1.44 bits per heavy atom. The molecule has 1 aromatic rings. The molecule has 1 aliphatic heterocycles. The van der Waals surface area contributed by atoms with Crippen molar-refractivity contribution in [2.45, 2.75) is 45.2 Å². The molecule has 0 saturated carbocycles. The summed E-state index contributed by atoms with van der Waals surface area (Å²) in [4.78, 5) is 10.7. The van der Waals surface area contributed by atoms with Crippen LogP contribution in [0.25, 0.3) is 0 Å². The van der Waals surface area contributed by atoms with Crippen LogP contribution < -0.4 is 4.90 Å². The normalized spacial score (nSPS) is 24.4. The molecular formula is C12H16N4. The van der Waals surface area contributed by atoms with E-state index >= 15 is 0 Å². The lowest BCUT2D eigenvalue weighted by atomic mass is 10.1. The molecule has 1 aliphatic rings. The van der Waals surface area contributed by atoms with Crippen molar-refractivity contribution in [3.05, 3.63) is 18.1 Å². The van der Waals surface area contributed by atoms with Crippen LogP contribution in [0.2, 0.25) is 0 Å². The smallest absolute Gasteiger partial charge is 0.158 e. The summed E-state index contributed by atoms with van der Waals surface area (Å²) >= 11 is 0. The fourth-order valence-corrected chi connectivity index (χ4v) is 2.40. The molecule has 1 saturated heterocycles. The highest BCUT2D eigenvalue weighted by Crippen LogP contribution is 2.29. The number of nitrogens with zero attached hydrogens (tertiary/aromatic N) is 4. The van der Waals surface area contributed by atoms with E-state index in [0.29, 0.717) is 17.8 Å². The molecule has 0 bridgehead atoms. The Kier molecular flexibility index (Phi) is 3.04. The number of hydrogen-bond acceptors (Lipinski definition) is 4. The fourth-order valence-electron chi connectivity index (χ4n) is 2.40. The first kappa shape index (κ1) is 10.9. The predicted octanol–water partition coefficient (Wildman–Crippen LogP) is 2.12. The van der Waals surface area contributed by atoms with Gasteiger partial charge in [-0.05, 0) is 26.2 Å². The van der Waals surface area contributed by atoms with Crippen LogP contribution >= 0.6 is 0 Å². The molecule has 0 spiro atoms. The SMILES string of the molecule is CCC1CCC(C)N1c1cnc(C#N)cn1. The van der Waals surface area contributed by atoms with Crippen molar-refractivity contribution in [3.8, 4) is 6.07 Å². The van der Waals surface area contributed by atoms with Gasteiger partial charge in [0.2, 0.25) is 0 Å². The maximum absolute atomic E-state index is 8.68. The average molecular weight is 216 g/mol. The molecule has 2 unspecified atom stereocenters. The molecule has 0 radical (unpaired) electrons. The zero-order valence-corrected chi connectivity index (χ0v) is 9.72. The van der Waals surface area contributed by atoms with Gasteiger partial charge in [0.25, 0.3) is 0 Å². The van der Waals surface area contributed by atoms with Crippen LogP contribution in [0.1, 0.15) is 38.8 Å². The molecule has 1 fully saturated rings. The molecule has 4 nitrogen and oxygen atoms in total. The lowest BCUT2D eigenvalue weighted by Crippen LogP contribution is -2.34. The third-order valence-electron chi connectivity index (χ3n) is 3.27. The summed E-state index contributed by atoms with van der Waals surface area (Å²) in [5.41, 5.74) is 0.378. The van der Waals surface area contributed by atoms with Crippen LogP contribution in [0.15, 0.2) is 12.4 Å². The summed E-state index contributed by atoms with van der Waals surface area (Å²) in [6.45, 7) is 4.42. The molecule has 0 aromatic carbocycles. The largest absolute Gasteiger partial charge is 0.350 e. The van der Waals surface area contributed by atoms with Gasteiger partial charge in [0, 0.05) is 12.1 Å². The second-order valence-corrected chi connectivity index (χ2v) is 4.27. The lowest BCUT2D eigenvalue weighted by Gasteiger charge is -2.28. The van der Waals surface area contributed by atoms with Crippen molar-refractivity contribution >= 4 is 5.82 Å². The number of hydrogen-bond donors (Lipinski definition) is 0. The average Bonchev–Trinajstić information content (AvgIpc) is 2.70. The standard InChI is InChI=1S/C12H16N4/c1-3-11-5-4-9(2)16(11)12-8-14-10(6-13)7-15-12/h7-9,11H,3-5H2,1-2H3. The molecule has 2 rings (SSSR count). The minimum atomic E-state index is 0.378. The van der Waals surface area contributed by atoms with Crippen LogP contribution in [-0.4, -0.2) is 22.1 Å². The number of anilines is 1. The Hall–Kier alpha value is -1.63. The van der Waals surface area contributed by atoms with Crippen molar-refractivity contribution in [2.24, 2.45) is 0 Å². The van der Waals surface area contributed by atoms with Gasteiger partial charge < -0.3 is 4.90 Å². The van der Waals surface area contributed by atoms with Gasteiger partial charge in [-0.1, -0.05) is 6.92 Å². The first-order valence-electron chi connectivity index (χ1n) is 5.76. The zero-order chi connectivity index (χ0) is 11.5. The molecule has 16 heavy (non-hydrogen) atoms. The summed E-state index contributed by atoms with van der Waals surface area (Å²) in [6.07, 6.45) is 6.82. The third kappa shape index (κ3) is 1.85. The summed E-state index contributed by atoms with van der Waals surface area (Å²) < 4.78 is 0. The number of nitriles is 1. The fraction of sp³-hybridized carbons (Fsp3) is 0.583. The third-order valence-corrected chi connectivity index (χ3v) is 3.27. The Bertz CT molecular complexity index is 392. The van der Waals surface area contributed by atoms with Gasteiger partial charge in [-0.2, -0.15) is 5.26 Å². The van der Waals surface area contributed by atoms with Gasteiger partial charge in [0.05, 0.1) is 12.4 Å². The van der Waals surface area contributed by atoms with Crippen LogP contribution in [0, 0.1) is 11.3 Å². The van der Waals surface area contributed by atoms with E-state index in [9.17, 15) is 0 Å². The number of rotatable bonds is 2. The van der Waals surface area contributed by atoms with Crippen LogP contribution in [0.3, 0.4) is 0 Å². The molecule has 4 heteroatoms. The Balaban J connectivity index is 2.25. The Morgan fingerprint density at radius 2 is 2.25 bits per heavy atom. The molecule has 84 valence electrons. The first-order valence-corrected chi connectivity index (χ1v) is 5.76. The highest BCUT2D eigenvalue weighted by atomic mass is 15.3. The van der Waals surface area contributed by atoms with Crippen molar-refractivity contribution in [3.63, 3.8) is 0 Å². The van der Waals surface area contributed by atoms with E-state index in [0.717, 1.165) is 12.2 Å². The van der Waals surface area contributed by atoms with Gasteiger partial charge in [-0.25, -0.2) is 9.97 Å². The number of aromatic nitrogens is 2. The summed E-state index contributed by atoms with van der Waals surface area (Å²) in [5, 5.41) is 8.68. The van der Waals surface area contributed by atoms with Gasteiger partial charge >= 0.3 is 0 Å². The predicted molar refractivity (Wildman–Crippen MR) is 62.0 cm³/mol. The topological polar surface area (TPSA) is 52.8 Å². The lowest BCUT2D eigenvalue weighted by molar-refractivity contribution is 0.620. The van der Waals surface area contributed by atoms with Crippen molar-refractivity contribution in [2.75, 3.05) is 4.90 Å². The molecule has 2 heterocycles. The Labute approximate surface area is 95.9 Å². The minimum Gasteiger partial charge on any atom is -0.350 e. The molecule has 0 aliphatic carbocycles. The van der Waals surface area contributed by atoms with Crippen LogP contribution in [-0.2, 0) is 0 Å². The maximum Gasteiger partial charge on any atom is 0.158 e. The van der Waals surface area contributed by atoms with Crippen LogP contribution in [0.5, 0.6) is 0 Å². The second-order valence-electron chi connectivity index (χ2n) is 4.27. The Morgan fingerprint density at radius 3 is 2.81 bits per heavy atom. The van der Waals surface area contributed by atoms with Gasteiger partial charge in [-0.15, -0.1) is 0 Å². The monoisotopic (exact) mass is 216 g/mol. The van der Waals surface area contributed by atoms with E-state index in [1.165, 1.54) is 12.8 Å². The molecular weight excluding hydrogens is 200 g/mol.